The van der Waals surface area contributed by atoms with Gasteiger partial charge in [-0.3, -0.25) is 0 Å². The first-order valence-corrected chi connectivity index (χ1v) is 7.47. The molecule has 0 bridgehead atoms. The highest BCUT2D eigenvalue weighted by molar-refractivity contribution is 7.86. The normalized spacial score (nSPS) is 23.6. The van der Waals surface area contributed by atoms with E-state index in [0.29, 0.717) is 17.1 Å². The number of hydrogen-bond donors (Lipinski definition) is 0. The van der Waals surface area contributed by atoms with E-state index in [1.54, 1.807) is 0 Å². The molecule has 0 radical (unpaired) electrons. The first kappa shape index (κ1) is 16.0. The second-order valence-corrected chi connectivity index (χ2v) is 6.59. The van der Waals surface area contributed by atoms with Gasteiger partial charge in [0.25, 0.3) is 10.2 Å². The molecule has 1 rings (SSSR count). The summed E-state index contributed by atoms with van der Waals surface area (Å²) in [6.07, 6.45) is -2.48. The maximum absolute atomic E-state index is 12.2. The van der Waals surface area contributed by atoms with Crippen molar-refractivity contribution >= 4 is 21.8 Å². The van der Waals surface area contributed by atoms with Gasteiger partial charge < -0.3 is 0 Å². The van der Waals surface area contributed by atoms with Crippen LogP contribution < -0.4 is 0 Å². The van der Waals surface area contributed by atoms with Crippen LogP contribution in [0.15, 0.2) is 0 Å². The molecule has 1 atom stereocenters. The second-order valence-electron chi connectivity index (χ2n) is 4.29. The fourth-order valence-corrected chi connectivity index (χ4v) is 3.93. The summed E-state index contributed by atoms with van der Waals surface area (Å²) in [5.41, 5.74) is 0. The molecule has 1 aliphatic heterocycles. The van der Waals surface area contributed by atoms with Gasteiger partial charge in [-0.25, -0.2) is 0 Å². The van der Waals surface area contributed by atoms with Gasteiger partial charge in [0.2, 0.25) is 0 Å². The molecule has 4 nitrogen and oxygen atoms in total. The van der Waals surface area contributed by atoms with E-state index >= 15 is 0 Å². The molecule has 9 heteroatoms. The predicted molar refractivity (Wildman–Crippen MR) is 62.7 cm³/mol. The Kier molecular flexibility index (Phi) is 5.28. The van der Waals surface area contributed by atoms with Crippen molar-refractivity contribution in [1.82, 2.24) is 8.61 Å². The summed E-state index contributed by atoms with van der Waals surface area (Å²) in [6.45, 7) is -1.26. The van der Waals surface area contributed by atoms with Gasteiger partial charge >= 0.3 is 6.18 Å². The maximum Gasteiger partial charge on any atom is 0.402 e. The molecule has 0 aliphatic carbocycles. The average Bonchev–Trinajstić information content (AvgIpc) is 2.26. The van der Waals surface area contributed by atoms with Crippen LogP contribution in [0.1, 0.15) is 19.3 Å². The van der Waals surface area contributed by atoms with Crippen molar-refractivity contribution in [1.29, 1.82) is 0 Å². The minimum atomic E-state index is -4.55. The zero-order valence-corrected chi connectivity index (χ0v) is 11.5. The Bertz CT molecular complexity index is 374. The Labute approximate surface area is 110 Å². The summed E-state index contributed by atoms with van der Waals surface area (Å²) < 4.78 is 62.2. The minimum absolute atomic E-state index is 0.0963. The molecule has 0 saturated carbocycles. The van der Waals surface area contributed by atoms with Crippen LogP contribution in [-0.2, 0) is 10.2 Å². The molecule has 1 unspecified atom stereocenters. The highest BCUT2D eigenvalue weighted by Gasteiger charge is 2.39. The Morgan fingerprint density at radius 2 is 2.00 bits per heavy atom. The monoisotopic (exact) mass is 308 g/mol. The first-order chi connectivity index (χ1) is 8.18. The Balaban J connectivity index is 2.84. The lowest BCUT2D eigenvalue weighted by molar-refractivity contribution is -0.134. The fraction of sp³-hybridized carbons (Fsp3) is 1.00. The lowest BCUT2D eigenvalue weighted by Crippen LogP contribution is -2.51. The van der Waals surface area contributed by atoms with Gasteiger partial charge in [-0.05, 0) is 12.8 Å². The van der Waals surface area contributed by atoms with E-state index in [2.05, 4.69) is 0 Å². The highest BCUT2D eigenvalue weighted by atomic mass is 35.5. The molecule has 0 aromatic carbocycles. The third-order valence-corrected chi connectivity index (χ3v) is 5.19. The standard InChI is InChI=1S/C9H16ClF3N2O2S/c1-14(7-9(11,12)13)18(16,17)15-5-3-2-4-8(15)6-10/h8H,2-7H2,1H3. The molecule has 0 aromatic rings. The molecular weight excluding hydrogens is 293 g/mol. The lowest BCUT2D eigenvalue weighted by atomic mass is 10.1. The van der Waals surface area contributed by atoms with E-state index in [0.717, 1.165) is 17.8 Å². The summed E-state index contributed by atoms with van der Waals surface area (Å²) in [5.74, 6) is 0.0963. The molecule has 1 heterocycles. The summed E-state index contributed by atoms with van der Waals surface area (Å²) in [6, 6.07) is -0.416. The molecule has 1 saturated heterocycles. The Morgan fingerprint density at radius 1 is 1.39 bits per heavy atom. The fourth-order valence-electron chi connectivity index (χ4n) is 1.95. The topological polar surface area (TPSA) is 40.6 Å². The molecular formula is C9H16ClF3N2O2S. The molecule has 18 heavy (non-hydrogen) atoms. The molecule has 108 valence electrons. The minimum Gasteiger partial charge on any atom is -0.195 e. The van der Waals surface area contributed by atoms with Gasteiger partial charge in [0.1, 0.15) is 6.54 Å². The van der Waals surface area contributed by atoms with Gasteiger partial charge in [0.05, 0.1) is 0 Å². The van der Waals surface area contributed by atoms with Crippen molar-refractivity contribution in [3.8, 4) is 0 Å². The first-order valence-electron chi connectivity index (χ1n) is 5.54. The SMILES string of the molecule is CN(CC(F)(F)F)S(=O)(=O)N1CCCCC1CCl. The summed E-state index contributed by atoms with van der Waals surface area (Å²) >= 11 is 5.67. The molecule has 0 amide bonds. The van der Waals surface area contributed by atoms with Crippen LogP contribution in [0.5, 0.6) is 0 Å². The van der Waals surface area contributed by atoms with Crippen LogP contribution in [0.2, 0.25) is 0 Å². The highest BCUT2D eigenvalue weighted by Crippen LogP contribution is 2.25. The number of nitrogens with zero attached hydrogens (tertiary/aromatic N) is 2. The van der Waals surface area contributed by atoms with Crippen molar-refractivity contribution in [2.75, 3.05) is 26.0 Å². The molecule has 0 N–H and O–H groups in total. The lowest BCUT2D eigenvalue weighted by Gasteiger charge is -2.36. The van der Waals surface area contributed by atoms with Crippen LogP contribution in [-0.4, -0.2) is 55.3 Å². The third kappa shape index (κ3) is 3.97. The third-order valence-electron chi connectivity index (χ3n) is 2.84. The molecule has 0 spiro atoms. The number of rotatable bonds is 4. The van der Waals surface area contributed by atoms with E-state index in [4.69, 9.17) is 11.6 Å². The summed E-state index contributed by atoms with van der Waals surface area (Å²) in [5, 5.41) is 0. The molecule has 1 fully saturated rings. The van der Waals surface area contributed by atoms with E-state index in [1.807, 2.05) is 0 Å². The van der Waals surface area contributed by atoms with E-state index < -0.39 is 29.0 Å². The largest absolute Gasteiger partial charge is 0.402 e. The summed E-state index contributed by atoms with van der Waals surface area (Å²) in [7, 11) is -3.16. The van der Waals surface area contributed by atoms with Crippen LogP contribution in [0.25, 0.3) is 0 Å². The quantitative estimate of drug-likeness (QED) is 0.743. The van der Waals surface area contributed by atoms with Gasteiger partial charge in [-0.15, -0.1) is 11.6 Å². The van der Waals surface area contributed by atoms with Crippen LogP contribution in [0.4, 0.5) is 13.2 Å². The zero-order valence-electron chi connectivity index (χ0n) is 9.95. The predicted octanol–water partition coefficient (Wildman–Crippen LogP) is 1.82. The second kappa shape index (κ2) is 5.94. The van der Waals surface area contributed by atoms with E-state index in [-0.39, 0.29) is 12.4 Å². The van der Waals surface area contributed by atoms with Crippen LogP contribution in [0.3, 0.4) is 0 Å². The van der Waals surface area contributed by atoms with Crippen molar-refractivity contribution in [3.05, 3.63) is 0 Å². The van der Waals surface area contributed by atoms with E-state index in [9.17, 15) is 21.6 Å². The van der Waals surface area contributed by atoms with E-state index in [1.165, 1.54) is 0 Å². The molecule has 1 aliphatic rings. The van der Waals surface area contributed by atoms with Crippen molar-refractivity contribution in [2.45, 2.75) is 31.5 Å². The Hall–Kier alpha value is -0.0500. The number of hydrogen-bond acceptors (Lipinski definition) is 2. The van der Waals surface area contributed by atoms with Crippen LogP contribution in [0, 0.1) is 0 Å². The number of piperidine rings is 1. The van der Waals surface area contributed by atoms with Gasteiger partial charge in [-0.2, -0.15) is 30.2 Å². The van der Waals surface area contributed by atoms with Gasteiger partial charge in [-0.1, -0.05) is 6.42 Å². The zero-order chi connectivity index (χ0) is 14.0. The van der Waals surface area contributed by atoms with Crippen LogP contribution >= 0.6 is 11.6 Å². The van der Waals surface area contributed by atoms with Crippen molar-refractivity contribution in [3.63, 3.8) is 0 Å². The number of halogens is 4. The van der Waals surface area contributed by atoms with Crippen molar-refractivity contribution in [2.24, 2.45) is 0 Å². The molecule has 0 aromatic heterocycles. The van der Waals surface area contributed by atoms with Crippen molar-refractivity contribution < 1.29 is 21.6 Å². The number of alkyl halides is 4. The Morgan fingerprint density at radius 3 is 2.50 bits per heavy atom. The smallest absolute Gasteiger partial charge is 0.195 e. The van der Waals surface area contributed by atoms with Gasteiger partial charge in [0.15, 0.2) is 0 Å². The maximum atomic E-state index is 12.2. The average molecular weight is 309 g/mol. The summed E-state index contributed by atoms with van der Waals surface area (Å²) in [4.78, 5) is 0. The van der Waals surface area contributed by atoms with Gasteiger partial charge in [0, 0.05) is 25.5 Å².